The standard InChI is InChI=1S/C11H15O5P/c1-3-16-17(13,14)11(12)8-9-4-6-10(15-2)7-5-9/h4-8,12H,3H2,1-2H3,(H,13,14). The molecule has 0 fully saturated rings. The lowest BCUT2D eigenvalue weighted by atomic mass is 10.2. The average molecular weight is 258 g/mol. The molecule has 0 aliphatic carbocycles. The SMILES string of the molecule is CCOP(=O)(O)C(O)=Cc1ccc(OC)cc1. The minimum Gasteiger partial charge on any atom is -0.501 e. The molecule has 0 saturated carbocycles. The van der Waals surface area contributed by atoms with Crippen LogP contribution in [0.5, 0.6) is 5.75 Å². The predicted octanol–water partition coefficient (Wildman–Crippen LogP) is 2.77. The maximum Gasteiger partial charge on any atom is 0.392 e. The van der Waals surface area contributed by atoms with Crippen molar-refractivity contribution in [2.24, 2.45) is 0 Å². The van der Waals surface area contributed by atoms with Gasteiger partial charge >= 0.3 is 7.60 Å². The van der Waals surface area contributed by atoms with E-state index in [4.69, 9.17) is 4.74 Å². The highest BCUT2D eigenvalue weighted by Crippen LogP contribution is 2.49. The second kappa shape index (κ2) is 5.87. The normalized spacial score (nSPS) is 15.4. The number of hydrogen-bond donors (Lipinski definition) is 2. The Kier molecular flexibility index (Phi) is 4.75. The van der Waals surface area contributed by atoms with Crippen molar-refractivity contribution >= 4 is 13.7 Å². The van der Waals surface area contributed by atoms with Crippen LogP contribution < -0.4 is 4.74 Å². The molecule has 0 amide bonds. The van der Waals surface area contributed by atoms with E-state index in [9.17, 15) is 14.6 Å². The molecule has 0 bridgehead atoms. The van der Waals surface area contributed by atoms with Crippen LogP contribution in [0.1, 0.15) is 12.5 Å². The minimum atomic E-state index is -4.08. The molecule has 0 aliphatic rings. The maximum absolute atomic E-state index is 11.4. The van der Waals surface area contributed by atoms with Gasteiger partial charge in [-0.2, -0.15) is 0 Å². The summed E-state index contributed by atoms with van der Waals surface area (Å²) >= 11 is 0. The molecular formula is C11H15O5P. The van der Waals surface area contributed by atoms with Gasteiger partial charge in [0.25, 0.3) is 0 Å². The number of benzene rings is 1. The third-order valence-electron chi connectivity index (χ3n) is 2.01. The van der Waals surface area contributed by atoms with E-state index in [1.54, 1.807) is 38.3 Å². The Morgan fingerprint density at radius 1 is 1.41 bits per heavy atom. The van der Waals surface area contributed by atoms with Crippen LogP contribution in [0.15, 0.2) is 29.8 Å². The summed E-state index contributed by atoms with van der Waals surface area (Å²) in [6, 6.07) is 6.67. The molecule has 6 heteroatoms. The average Bonchev–Trinajstić information content (AvgIpc) is 2.30. The molecule has 0 heterocycles. The zero-order valence-electron chi connectivity index (χ0n) is 9.66. The topological polar surface area (TPSA) is 76.0 Å². The van der Waals surface area contributed by atoms with Crippen LogP contribution in [0.3, 0.4) is 0 Å². The van der Waals surface area contributed by atoms with Crippen LogP contribution in [0, 0.1) is 0 Å². The first kappa shape index (κ1) is 13.8. The van der Waals surface area contributed by atoms with Gasteiger partial charge in [-0.05, 0) is 30.7 Å². The first-order valence-electron chi connectivity index (χ1n) is 5.02. The van der Waals surface area contributed by atoms with Crippen molar-refractivity contribution in [3.8, 4) is 5.75 Å². The highest BCUT2D eigenvalue weighted by Gasteiger charge is 2.24. The van der Waals surface area contributed by atoms with Gasteiger partial charge in [-0.1, -0.05) is 12.1 Å². The van der Waals surface area contributed by atoms with Crippen LogP contribution in [-0.4, -0.2) is 23.7 Å². The quantitative estimate of drug-likeness (QED) is 0.627. The summed E-state index contributed by atoms with van der Waals surface area (Å²) in [6.45, 7) is 1.62. The van der Waals surface area contributed by atoms with Crippen LogP contribution in [-0.2, 0) is 9.09 Å². The highest BCUT2D eigenvalue weighted by molar-refractivity contribution is 7.57. The molecular weight excluding hydrogens is 243 g/mol. The van der Waals surface area contributed by atoms with Gasteiger partial charge in [0.2, 0.25) is 5.50 Å². The molecule has 1 unspecified atom stereocenters. The highest BCUT2D eigenvalue weighted by atomic mass is 31.2. The number of ether oxygens (including phenoxy) is 1. The number of methoxy groups -OCH3 is 1. The van der Waals surface area contributed by atoms with Crippen molar-refractivity contribution in [1.82, 2.24) is 0 Å². The zero-order chi connectivity index (χ0) is 12.9. The van der Waals surface area contributed by atoms with Gasteiger partial charge in [-0.3, -0.25) is 4.57 Å². The number of rotatable bonds is 5. The Bertz CT molecular complexity index is 438. The third-order valence-corrected chi connectivity index (χ3v) is 3.32. The Balaban J connectivity index is 2.90. The van der Waals surface area contributed by atoms with Gasteiger partial charge in [0, 0.05) is 0 Å². The van der Waals surface area contributed by atoms with Gasteiger partial charge in [-0.15, -0.1) is 0 Å². The van der Waals surface area contributed by atoms with Gasteiger partial charge in [-0.25, -0.2) is 0 Å². The molecule has 1 aromatic carbocycles. The van der Waals surface area contributed by atoms with Crippen LogP contribution in [0.4, 0.5) is 0 Å². The summed E-state index contributed by atoms with van der Waals surface area (Å²) in [5, 5.41) is 9.48. The first-order chi connectivity index (χ1) is 7.99. The van der Waals surface area contributed by atoms with E-state index in [0.717, 1.165) is 0 Å². The Morgan fingerprint density at radius 2 is 2.00 bits per heavy atom. The van der Waals surface area contributed by atoms with Crippen molar-refractivity contribution in [2.45, 2.75) is 6.92 Å². The lowest BCUT2D eigenvalue weighted by molar-refractivity contribution is 0.261. The number of aliphatic hydroxyl groups is 1. The van der Waals surface area contributed by atoms with Crippen molar-refractivity contribution < 1.29 is 23.8 Å². The summed E-state index contributed by atoms with van der Waals surface area (Å²) in [7, 11) is -2.54. The van der Waals surface area contributed by atoms with Crippen molar-refractivity contribution in [3.05, 3.63) is 35.3 Å². The molecule has 1 aromatic rings. The molecule has 94 valence electrons. The van der Waals surface area contributed by atoms with Crippen molar-refractivity contribution in [1.29, 1.82) is 0 Å². The molecule has 2 N–H and O–H groups in total. The fraction of sp³-hybridized carbons (Fsp3) is 0.273. The second-order valence-corrected chi connectivity index (χ2v) is 4.97. The zero-order valence-corrected chi connectivity index (χ0v) is 10.6. The van der Waals surface area contributed by atoms with Crippen LogP contribution >= 0.6 is 7.60 Å². The molecule has 5 nitrogen and oxygen atoms in total. The Hall–Kier alpha value is -1.29. The number of hydrogen-bond acceptors (Lipinski definition) is 4. The van der Waals surface area contributed by atoms with E-state index in [2.05, 4.69) is 4.52 Å². The molecule has 0 aromatic heterocycles. The van der Waals surface area contributed by atoms with Gasteiger partial charge < -0.3 is 19.3 Å². The summed E-state index contributed by atoms with van der Waals surface area (Å²) in [6.07, 6.45) is 1.19. The Labute approximate surface area is 99.8 Å². The fourth-order valence-electron chi connectivity index (χ4n) is 1.17. The summed E-state index contributed by atoms with van der Waals surface area (Å²) in [5.74, 6) is 0.665. The van der Waals surface area contributed by atoms with E-state index in [0.29, 0.717) is 11.3 Å². The molecule has 0 spiro atoms. The Morgan fingerprint density at radius 3 is 2.47 bits per heavy atom. The van der Waals surface area contributed by atoms with E-state index >= 15 is 0 Å². The van der Waals surface area contributed by atoms with E-state index < -0.39 is 13.1 Å². The van der Waals surface area contributed by atoms with E-state index in [-0.39, 0.29) is 6.61 Å². The minimum absolute atomic E-state index is 0.0499. The molecule has 1 atom stereocenters. The second-order valence-electron chi connectivity index (χ2n) is 3.21. The molecule has 0 saturated heterocycles. The van der Waals surface area contributed by atoms with E-state index in [1.807, 2.05) is 0 Å². The van der Waals surface area contributed by atoms with Gasteiger partial charge in [0.15, 0.2) is 0 Å². The largest absolute Gasteiger partial charge is 0.501 e. The monoisotopic (exact) mass is 258 g/mol. The third kappa shape index (κ3) is 3.89. The summed E-state index contributed by atoms with van der Waals surface area (Å²) in [4.78, 5) is 9.34. The van der Waals surface area contributed by atoms with Gasteiger partial charge in [0.05, 0.1) is 13.7 Å². The molecule has 0 aliphatic heterocycles. The smallest absolute Gasteiger partial charge is 0.392 e. The molecule has 0 radical (unpaired) electrons. The predicted molar refractivity (Wildman–Crippen MR) is 65.1 cm³/mol. The molecule has 1 rings (SSSR count). The lowest BCUT2D eigenvalue weighted by Gasteiger charge is -2.09. The summed E-state index contributed by atoms with van der Waals surface area (Å²) in [5.41, 5.74) is -0.0956. The van der Waals surface area contributed by atoms with Gasteiger partial charge in [0.1, 0.15) is 5.75 Å². The van der Waals surface area contributed by atoms with Crippen molar-refractivity contribution in [2.75, 3.05) is 13.7 Å². The summed E-state index contributed by atoms with van der Waals surface area (Å²) < 4.78 is 21.0. The number of aliphatic hydroxyl groups excluding tert-OH is 1. The van der Waals surface area contributed by atoms with Crippen LogP contribution in [0.25, 0.3) is 6.08 Å². The first-order valence-corrected chi connectivity index (χ1v) is 6.60. The fourth-order valence-corrected chi connectivity index (χ4v) is 1.97. The lowest BCUT2D eigenvalue weighted by Crippen LogP contribution is -1.92. The maximum atomic E-state index is 11.4. The molecule has 17 heavy (non-hydrogen) atoms. The van der Waals surface area contributed by atoms with Crippen LogP contribution in [0.2, 0.25) is 0 Å². The van der Waals surface area contributed by atoms with Crippen molar-refractivity contribution in [3.63, 3.8) is 0 Å². The van der Waals surface area contributed by atoms with E-state index in [1.165, 1.54) is 6.08 Å².